The monoisotopic (exact) mass is 538 g/mol. The van der Waals surface area contributed by atoms with Crippen LogP contribution in [-0.4, -0.2) is 66.4 Å². The summed E-state index contributed by atoms with van der Waals surface area (Å²) in [6, 6.07) is 7.21. The summed E-state index contributed by atoms with van der Waals surface area (Å²) in [5.74, 6) is 2.32. The molecule has 0 spiro atoms. The Kier molecular flexibility index (Phi) is 7.24. The molecule has 3 aromatic rings. The second-order valence-corrected chi connectivity index (χ2v) is 10.2. The highest BCUT2D eigenvalue weighted by atomic mass is 35.5. The van der Waals surface area contributed by atoms with E-state index in [9.17, 15) is 4.79 Å². The van der Waals surface area contributed by atoms with Gasteiger partial charge in [0.25, 0.3) is 0 Å². The Morgan fingerprint density at radius 2 is 1.92 bits per heavy atom. The van der Waals surface area contributed by atoms with Gasteiger partial charge in [0.15, 0.2) is 11.5 Å². The minimum atomic E-state index is -0.255. The standard InChI is InChI=1S/C27H31ClN6O4/c28-19-14-18(6-7-20(19)33-27(35)32-17-4-5-17)31-26-23-21(29-16-30-26)15-22(24-25(23)38-13-12-37-24)36-11-3-10-34-8-1-2-9-34/h6-7,14-17H,1-5,8-13H2,(H,29,30,31)(H2,32,33,35). The van der Waals surface area contributed by atoms with Crippen molar-refractivity contribution in [2.75, 3.05) is 50.1 Å². The molecule has 38 heavy (non-hydrogen) atoms. The van der Waals surface area contributed by atoms with Crippen molar-refractivity contribution >= 4 is 45.7 Å². The third-order valence-electron chi connectivity index (χ3n) is 6.85. The first kappa shape index (κ1) is 24.8. The molecule has 0 atom stereocenters. The van der Waals surface area contributed by atoms with Gasteiger partial charge in [0, 0.05) is 24.3 Å². The second-order valence-electron chi connectivity index (χ2n) is 9.79. The number of ether oxygens (including phenoxy) is 3. The molecule has 2 amide bonds. The average Bonchev–Trinajstić information content (AvgIpc) is 3.57. The summed E-state index contributed by atoms with van der Waals surface area (Å²) >= 11 is 6.47. The van der Waals surface area contributed by atoms with Crippen LogP contribution >= 0.6 is 11.6 Å². The number of halogens is 1. The first-order valence-corrected chi connectivity index (χ1v) is 13.6. The molecule has 200 valence electrons. The van der Waals surface area contributed by atoms with Gasteiger partial charge in [0.2, 0.25) is 5.75 Å². The smallest absolute Gasteiger partial charge is 0.319 e. The predicted octanol–water partition coefficient (Wildman–Crippen LogP) is 4.95. The van der Waals surface area contributed by atoms with Crippen LogP contribution in [0.15, 0.2) is 30.6 Å². The molecule has 11 heteroatoms. The van der Waals surface area contributed by atoms with Crippen molar-refractivity contribution in [3.05, 3.63) is 35.6 Å². The fraction of sp³-hybridized carbons (Fsp3) is 0.444. The lowest BCUT2D eigenvalue weighted by Gasteiger charge is -2.24. The molecule has 3 N–H and O–H groups in total. The maximum atomic E-state index is 12.1. The number of carbonyl (C=O) groups excluding carboxylic acids is 1. The number of anilines is 3. The molecule has 0 bridgehead atoms. The molecular weight excluding hydrogens is 508 g/mol. The highest BCUT2D eigenvalue weighted by Gasteiger charge is 2.25. The Labute approximate surface area is 226 Å². The first-order chi connectivity index (χ1) is 18.6. The zero-order chi connectivity index (χ0) is 25.9. The van der Waals surface area contributed by atoms with Crippen LogP contribution in [0.4, 0.5) is 22.0 Å². The van der Waals surface area contributed by atoms with Crippen molar-refractivity contribution in [1.82, 2.24) is 20.2 Å². The summed E-state index contributed by atoms with van der Waals surface area (Å²) in [6.45, 7) is 4.84. The fourth-order valence-corrected chi connectivity index (χ4v) is 5.02. The number of fused-ring (bicyclic) bond motifs is 3. The Hall–Kier alpha value is -3.50. The third kappa shape index (κ3) is 5.66. The molecule has 1 aromatic heterocycles. The molecule has 0 radical (unpaired) electrons. The second kappa shape index (κ2) is 11.1. The lowest BCUT2D eigenvalue weighted by Crippen LogP contribution is -2.30. The van der Waals surface area contributed by atoms with Gasteiger partial charge in [0.05, 0.1) is 28.2 Å². The summed E-state index contributed by atoms with van der Waals surface area (Å²) in [5.41, 5.74) is 1.92. The van der Waals surface area contributed by atoms with Gasteiger partial charge in [-0.1, -0.05) is 11.6 Å². The Morgan fingerprint density at radius 3 is 2.71 bits per heavy atom. The van der Waals surface area contributed by atoms with Gasteiger partial charge in [-0.2, -0.15) is 0 Å². The van der Waals surface area contributed by atoms with Crippen LogP contribution in [0.2, 0.25) is 5.02 Å². The highest BCUT2D eigenvalue weighted by molar-refractivity contribution is 6.34. The molecule has 2 fully saturated rings. The van der Waals surface area contributed by atoms with Crippen molar-refractivity contribution in [3.63, 3.8) is 0 Å². The SMILES string of the molecule is O=C(Nc1ccc(Nc2ncnc3cc(OCCCN4CCCC4)c4c(c23)OCCO4)cc1Cl)NC1CC1. The van der Waals surface area contributed by atoms with Crippen molar-refractivity contribution in [2.24, 2.45) is 0 Å². The van der Waals surface area contributed by atoms with Crippen molar-refractivity contribution in [1.29, 1.82) is 0 Å². The number of benzene rings is 2. The maximum Gasteiger partial charge on any atom is 0.319 e. The van der Waals surface area contributed by atoms with Crippen molar-refractivity contribution in [3.8, 4) is 17.2 Å². The molecule has 2 aromatic carbocycles. The lowest BCUT2D eigenvalue weighted by atomic mass is 10.1. The van der Waals surface area contributed by atoms with E-state index in [0.29, 0.717) is 70.2 Å². The number of nitrogens with zero attached hydrogens (tertiary/aromatic N) is 3. The Bertz CT molecular complexity index is 1330. The van der Waals surface area contributed by atoms with E-state index in [-0.39, 0.29) is 12.1 Å². The first-order valence-electron chi connectivity index (χ1n) is 13.2. The van der Waals surface area contributed by atoms with Crippen LogP contribution < -0.4 is 30.2 Å². The van der Waals surface area contributed by atoms with E-state index in [4.69, 9.17) is 25.8 Å². The third-order valence-corrected chi connectivity index (χ3v) is 7.16. The number of hydrogen-bond donors (Lipinski definition) is 3. The predicted molar refractivity (Wildman–Crippen MR) is 146 cm³/mol. The lowest BCUT2D eigenvalue weighted by molar-refractivity contribution is 0.163. The number of aromatic nitrogens is 2. The zero-order valence-electron chi connectivity index (χ0n) is 21.1. The number of nitrogens with one attached hydrogen (secondary N) is 3. The molecule has 1 saturated heterocycles. The van der Waals surface area contributed by atoms with E-state index in [0.717, 1.165) is 25.8 Å². The van der Waals surface area contributed by atoms with E-state index in [1.54, 1.807) is 12.1 Å². The summed E-state index contributed by atoms with van der Waals surface area (Å²) in [5, 5.41) is 10.1. The van der Waals surface area contributed by atoms with E-state index in [2.05, 4.69) is 30.8 Å². The molecule has 0 unspecified atom stereocenters. The Balaban J connectivity index is 1.20. The maximum absolute atomic E-state index is 12.1. The number of amides is 2. The van der Waals surface area contributed by atoms with E-state index < -0.39 is 0 Å². The van der Waals surface area contributed by atoms with Crippen LogP contribution in [0.5, 0.6) is 17.2 Å². The molecule has 10 nitrogen and oxygen atoms in total. The summed E-state index contributed by atoms with van der Waals surface area (Å²) < 4.78 is 18.2. The average molecular weight is 539 g/mol. The van der Waals surface area contributed by atoms with E-state index in [1.807, 2.05) is 12.1 Å². The van der Waals surface area contributed by atoms with Gasteiger partial charge in [0.1, 0.15) is 25.4 Å². The van der Waals surface area contributed by atoms with E-state index in [1.165, 1.54) is 32.3 Å². The summed E-state index contributed by atoms with van der Waals surface area (Å²) in [7, 11) is 0. The van der Waals surface area contributed by atoms with Crippen LogP contribution in [0, 0.1) is 0 Å². The normalized spacial score (nSPS) is 16.9. The zero-order valence-corrected chi connectivity index (χ0v) is 21.9. The van der Waals surface area contributed by atoms with Crippen LogP contribution in [0.1, 0.15) is 32.1 Å². The molecule has 6 rings (SSSR count). The topological polar surface area (TPSA) is 110 Å². The van der Waals surface area contributed by atoms with Gasteiger partial charge in [-0.25, -0.2) is 14.8 Å². The minimum Gasteiger partial charge on any atom is -0.489 e. The summed E-state index contributed by atoms with van der Waals surface area (Å²) in [4.78, 5) is 23.5. The van der Waals surface area contributed by atoms with Gasteiger partial charge in [-0.15, -0.1) is 0 Å². The molecule has 3 aliphatic rings. The van der Waals surface area contributed by atoms with Gasteiger partial charge < -0.3 is 35.1 Å². The molecule has 3 heterocycles. The van der Waals surface area contributed by atoms with Crippen LogP contribution in [0.3, 0.4) is 0 Å². The van der Waals surface area contributed by atoms with Gasteiger partial charge in [-0.3, -0.25) is 0 Å². The Morgan fingerprint density at radius 1 is 1.11 bits per heavy atom. The molecular formula is C27H31ClN6O4. The molecule has 1 saturated carbocycles. The highest BCUT2D eigenvalue weighted by Crippen LogP contribution is 2.47. The van der Waals surface area contributed by atoms with Gasteiger partial charge in [-0.05, 0) is 63.4 Å². The fourth-order valence-electron chi connectivity index (χ4n) is 4.79. The van der Waals surface area contributed by atoms with Gasteiger partial charge >= 0.3 is 6.03 Å². The van der Waals surface area contributed by atoms with Crippen molar-refractivity contribution < 1.29 is 19.0 Å². The minimum absolute atomic E-state index is 0.255. The van der Waals surface area contributed by atoms with Crippen LogP contribution in [-0.2, 0) is 0 Å². The number of hydrogen-bond acceptors (Lipinski definition) is 8. The number of urea groups is 1. The summed E-state index contributed by atoms with van der Waals surface area (Å²) in [6.07, 6.45) is 7.04. The van der Waals surface area contributed by atoms with Crippen molar-refractivity contribution in [2.45, 2.75) is 38.1 Å². The largest absolute Gasteiger partial charge is 0.489 e. The quantitative estimate of drug-likeness (QED) is 0.328. The molecule has 2 aliphatic heterocycles. The van der Waals surface area contributed by atoms with Crippen LogP contribution in [0.25, 0.3) is 10.9 Å². The van der Waals surface area contributed by atoms with E-state index >= 15 is 0 Å². The number of likely N-dealkylation sites (tertiary alicyclic amines) is 1. The number of rotatable bonds is 9. The molecule has 1 aliphatic carbocycles. The number of carbonyl (C=O) groups is 1.